The standard InChI is InChI=1S/C19H28N2/c1-17-7-5-6-10-19(17)16-21-13-11-20(12-14-21)15-18-8-3-2-4-9-18/h2-3,5-7,10,18H,4,8-9,11-16H2,1H3/t18-/m0/s1. The molecule has 1 aliphatic heterocycles. The molecule has 114 valence electrons. The predicted molar refractivity (Wildman–Crippen MR) is 89.4 cm³/mol. The van der Waals surface area contributed by atoms with E-state index in [4.69, 9.17) is 0 Å². The van der Waals surface area contributed by atoms with E-state index >= 15 is 0 Å². The van der Waals surface area contributed by atoms with Crippen molar-refractivity contribution in [2.45, 2.75) is 32.7 Å². The van der Waals surface area contributed by atoms with Crippen molar-refractivity contribution >= 4 is 0 Å². The summed E-state index contributed by atoms with van der Waals surface area (Å²) in [7, 11) is 0. The molecule has 2 heteroatoms. The molecule has 0 radical (unpaired) electrons. The first-order chi connectivity index (χ1) is 10.3. The summed E-state index contributed by atoms with van der Waals surface area (Å²) in [6.07, 6.45) is 8.69. The minimum Gasteiger partial charge on any atom is -0.301 e. The molecule has 0 bridgehead atoms. The molecule has 21 heavy (non-hydrogen) atoms. The van der Waals surface area contributed by atoms with Gasteiger partial charge < -0.3 is 4.90 Å². The topological polar surface area (TPSA) is 6.48 Å². The fourth-order valence-corrected chi connectivity index (χ4v) is 3.55. The first-order valence-electron chi connectivity index (χ1n) is 8.45. The van der Waals surface area contributed by atoms with Gasteiger partial charge in [-0.3, -0.25) is 4.90 Å². The lowest BCUT2D eigenvalue weighted by molar-refractivity contribution is 0.111. The third-order valence-corrected chi connectivity index (χ3v) is 5.01. The van der Waals surface area contributed by atoms with Crippen LogP contribution >= 0.6 is 0 Å². The molecule has 1 heterocycles. The van der Waals surface area contributed by atoms with Crippen LogP contribution in [0.2, 0.25) is 0 Å². The first-order valence-corrected chi connectivity index (χ1v) is 8.45. The number of rotatable bonds is 4. The molecule has 1 aromatic carbocycles. The summed E-state index contributed by atoms with van der Waals surface area (Å²) < 4.78 is 0. The number of allylic oxidation sites excluding steroid dienone is 2. The SMILES string of the molecule is Cc1ccccc1CN1CCN(C[C@H]2CC=CCC2)CC1. The van der Waals surface area contributed by atoms with Crippen LogP contribution in [0.15, 0.2) is 36.4 Å². The van der Waals surface area contributed by atoms with Crippen molar-refractivity contribution in [3.63, 3.8) is 0 Å². The summed E-state index contributed by atoms with van der Waals surface area (Å²) in [4.78, 5) is 5.29. The number of piperazine rings is 1. The van der Waals surface area contributed by atoms with E-state index in [2.05, 4.69) is 53.1 Å². The van der Waals surface area contributed by atoms with Crippen molar-refractivity contribution in [2.24, 2.45) is 5.92 Å². The van der Waals surface area contributed by atoms with Crippen LogP contribution in [0.4, 0.5) is 0 Å². The van der Waals surface area contributed by atoms with Gasteiger partial charge in [-0.05, 0) is 43.2 Å². The van der Waals surface area contributed by atoms with Crippen molar-refractivity contribution in [1.29, 1.82) is 0 Å². The van der Waals surface area contributed by atoms with Crippen LogP contribution in [-0.2, 0) is 6.54 Å². The van der Waals surface area contributed by atoms with Gasteiger partial charge in [0.15, 0.2) is 0 Å². The zero-order valence-electron chi connectivity index (χ0n) is 13.3. The minimum atomic E-state index is 0.901. The highest BCUT2D eigenvalue weighted by Gasteiger charge is 2.20. The smallest absolute Gasteiger partial charge is 0.0237 e. The molecule has 2 aliphatic rings. The van der Waals surface area contributed by atoms with Crippen molar-refractivity contribution in [1.82, 2.24) is 9.80 Å². The van der Waals surface area contributed by atoms with E-state index in [1.165, 1.54) is 63.1 Å². The zero-order chi connectivity index (χ0) is 14.5. The lowest BCUT2D eigenvalue weighted by Crippen LogP contribution is -2.47. The Bertz CT molecular complexity index is 472. The summed E-state index contributed by atoms with van der Waals surface area (Å²) >= 11 is 0. The summed E-state index contributed by atoms with van der Waals surface area (Å²) in [6, 6.07) is 8.79. The molecule has 2 nitrogen and oxygen atoms in total. The Morgan fingerprint density at radius 2 is 1.76 bits per heavy atom. The maximum Gasteiger partial charge on any atom is 0.0237 e. The lowest BCUT2D eigenvalue weighted by atomic mass is 9.94. The molecule has 1 saturated heterocycles. The second-order valence-electron chi connectivity index (χ2n) is 6.65. The first kappa shape index (κ1) is 14.8. The van der Waals surface area contributed by atoms with E-state index in [0.29, 0.717) is 0 Å². The Labute approximate surface area is 129 Å². The molecule has 3 rings (SSSR count). The normalized spacial score (nSPS) is 24.3. The number of hydrogen-bond acceptors (Lipinski definition) is 2. The monoisotopic (exact) mass is 284 g/mol. The summed E-state index contributed by atoms with van der Waals surface area (Å²) in [5.41, 5.74) is 2.91. The fraction of sp³-hybridized carbons (Fsp3) is 0.579. The average molecular weight is 284 g/mol. The molecule has 0 spiro atoms. The average Bonchev–Trinajstić information content (AvgIpc) is 2.52. The van der Waals surface area contributed by atoms with Gasteiger partial charge in [0.25, 0.3) is 0 Å². The highest BCUT2D eigenvalue weighted by molar-refractivity contribution is 5.25. The molecule has 0 amide bonds. The highest BCUT2D eigenvalue weighted by Crippen LogP contribution is 2.20. The van der Waals surface area contributed by atoms with Gasteiger partial charge in [0, 0.05) is 39.3 Å². The van der Waals surface area contributed by atoms with Gasteiger partial charge in [0.1, 0.15) is 0 Å². The van der Waals surface area contributed by atoms with Crippen molar-refractivity contribution in [3.05, 3.63) is 47.5 Å². The van der Waals surface area contributed by atoms with E-state index in [-0.39, 0.29) is 0 Å². The van der Waals surface area contributed by atoms with Crippen LogP contribution in [-0.4, -0.2) is 42.5 Å². The second kappa shape index (κ2) is 7.24. The van der Waals surface area contributed by atoms with Gasteiger partial charge in [-0.1, -0.05) is 36.4 Å². The van der Waals surface area contributed by atoms with Crippen LogP contribution in [0.25, 0.3) is 0 Å². The third kappa shape index (κ3) is 4.18. The molecule has 0 unspecified atom stereocenters. The zero-order valence-corrected chi connectivity index (χ0v) is 13.3. The number of hydrogen-bond donors (Lipinski definition) is 0. The van der Waals surface area contributed by atoms with E-state index in [1.54, 1.807) is 0 Å². The van der Waals surface area contributed by atoms with Crippen LogP contribution in [0.3, 0.4) is 0 Å². The van der Waals surface area contributed by atoms with Crippen molar-refractivity contribution in [3.8, 4) is 0 Å². The Morgan fingerprint density at radius 3 is 2.48 bits per heavy atom. The third-order valence-electron chi connectivity index (χ3n) is 5.01. The van der Waals surface area contributed by atoms with Gasteiger partial charge in [-0.15, -0.1) is 0 Å². The van der Waals surface area contributed by atoms with Gasteiger partial charge in [0.2, 0.25) is 0 Å². The molecule has 1 fully saturated rings. The fourth-order valence-electron chi connectivity index (χ4n) is 3.55. The van der Waals surface area contributed by atoms with Gasteiger partial charge in [-0.25, -0.2) is 0 Å². The largest absolute Gasteiger partial charge is 0.301 e. The Kier molecular flexibility index (Phi) is 5.10. The van der Waals surface area contributed by atoms with E-state index in [9.17, 15) is 0 Å². The van der Waals surface area contributed by atoms with Crippen LogP contribution in [0.1, 0.15) is 30.4 Å². The Hall–Kier alpha value is -1.12. The maximum atomic E-state index is 2.68. The number of nitrogens with zero attached hydrogens (tertiary/aromatic N) is 2. The lowest BCUT2D eigenvalue weighted by Gasteiger charge is -2.37. The maximum absolute atomic E-state index is 2.68. The molecule has 0 saturated carbocycles. The van der Waals surface area contributed by atoms with Crippen LogP contribution in [0.5, 0.6) is 0 Å². The Morgan fingerprint density at radius 1 is 1.00 bits per heavy atom. The predicted octanol–water partition coefficient (Wildman–Crippen LogP) is 3.47. The Balaban J connectivity index is 1.44. The molecular formula is C19H28N2. The second-order valence-corrected chi connectivity index (χ2v) is 6.65. The molecule has 1 aromatic rings. The van der Waals surface area contributed by atoms with Crippen molar-refractivity contribution < 1.29 is 0 Å². The summed E-state index contributed by atoms with van der Waals surface area (Å²) in [5, 5.41) is 0. The summed E-state index contributed by atoms with van der Waals surface area (Å²) in [6.45, 7) is 9.57. The van der Waals surface area contributed by atoms with Crippen LogP contribution in [0, 0.1) is 12.8 Å². The highest BCUT2D eigenvalue weighted by atomic mass is 15.3. The van der Waals surface area contributed by atoms with E-state index in [0.717, 1.165) is 12.5 Å². The molecule has 1 atom stereocenters. The number of benzene rings is 1. The molecule has 0 N–H and O–H groups in total. The van der Waals surface area contributed by atoms with E-state index in [1.807, 2.05) is 0 Å². The van der Waals surface area contributed by atoms with Gasteiger partial charge in [0.05, 0.1) is 0 Å². The number of aryl methyl sites for hydroxylation is 1. The summed E-state index contributed by atoms with van der Waals surface area (Å²) in [5.74, 6) is 0.901. The van der Waals surface area contributed by atoms with Crippen LogP contribution < -0.4 is 0 Å². The minimum absolute atomic E-state index is 0.901. The van der Waals surface area contributed by atoms with Gasteiger partial charge >= 0.3 is 0 Å². The molecule has 1 aliphatic carbocycles. The molecule has 0 aromatic heterocycles. The quantitative estimate of drug-likeness (QED) is 0.781. The van der Waals surface area contributed by atoms with E-state index < -0.39 is 0 Å². The van der Waals surface area contributed by atoms with Crippen molar-refractivity contribution in [2.75, 3.05) is 32.7 Å². The molecular weight excluding hydrogens is 256 g/mol. The van der Waals surface area contributed by atoms with Gasteiger partial charge in [-0.2, -0.15) is 0 Å².